The quantitative estimate of drug-likeness (QED) is 0.534. The van der Waals surface area contributed by atoms with Gasteiger partial charge in [-0.15, -0.1) is 0 Å². The number of allylic oxidation sites excluding steroid dienone is 2. The normalized spacial score (nSPS) is 16.2. The fourth-order valence-electron chi connectivity index (χ4n) is 3.58. The van der Waals surface area contributed by atoms with E-state index in [2.05, 4.69) is 4.99 Å². The average Bonchev–Trinajstić information content (AvgIpc) is 3.09. The van der Waals surface area contributed by atoms with Crippen LogP contribution in [-0.2, 0) is 9.53 Å². The molecule has 1 aliphatic heterocycles. The number of thiazole rings is 1. The molecule has 0 amide bonds. The van der Waals surface area contributed by atoms with Gasteiger partial charge in [0.1, 0.15) is 0 Å². The molecule has 7 heteroatoms. The summed E-state index contributed by atoms with van der Waals surface area (Å²) in [6.45, 7) is 3.75. The molecule has 0 saturated carbocycles. The number of ether oxygens (including phenoxy) is 1. The average molecular weight is 465 g/mol. The van der Waals surface area contributed by atoms with Gasteiger partial charge in [0, 0.05) is 5.02 Å². The third-order valence-electron chi connectivity index (χ3n) is 5.04. The van der Waals surface area contributed by atoms with E-state index in [1.54, 1.807) is 36.6 Å². The van der Waals surface area contributed by atoms with Gasteiger partial charge in [0.15, 0.2) is 4.80 Å². The third-order valence-corrected chi connectivity index (χ3v) is 6.29. The standard InChI is InChI=1S/C25H21ClN2O3S/c1-3-31-24(30)21-16(2)27-25-28(22(21)18-12-14-19(26)15-13-18)23(29)20(32-25)11-7-10-17-8-5-4-6-9-17/h4-15,22H,3H2,1-2H3/b10-7-,20-11+/t22-/m0/s1. The highest BCUT2D eigenvalue weighted by molar-refractivity contribution is 7.07. The molecule has 2 aromatic carbocycles. The molecular weight excluding hydrogens is 444 g/mol. The van der Waals surface area contributed by atoms with Crippen LogP contribution in [0.5, 0.6) is 0 Å². The largest absolute Gasteiger partial charge is 0.463 e. The molecule has 2 heterocycles. The van der Waals surface area contributed by atoms with Crippen LogP contribution in [0.4, 0.5) is 0 Å². The van der Waals surface area contributed by atoms with E-state index in [4.69, 9.17) is 16.3 Å². The van der Waals surface area contributed by atoms with E-state index in [-0.39, 0.29) is 12.2 Å². The Morgan fingerprint density at radius 1 is 1.19 bits per heavy atom. The molecule has 0 saturated heterocycles. The minimum Gasteiger partial charge on any atom is -0.463 e. The summed E-state index contributed by atoms with van der Waals surface area (Å²) in [7, 11) is 0. The molecule has 0 N–H and O–H groups in total. The zero-order chi connectivity index (χ0) is 22.7. The summed E-state index contributed by atoms with van der Waals surface area (Å²) in [6, 6.07) is 16.3. The summed E-state index contributed by atoms with van der Waals surface area (Å²) in [5, 5.41) is 0.575. The summed E-state index contributed by atoms with van der Waals surface area (Å²) in [6.07, 6.45) is 5.56. The monoisotopic (exact) mass is 464 g/mol. The van der Waals surface area contributed by atoms with Gasteiger partial charge in [-0.05, 0) is 43.2 Å². The van der Waals surface area contributed by atoms with Gasteiger partial charge < -0.3 is 4.74 Å². The number of benzene rings is 2. The lowest BCUT2D eigenvalue weighted by molar-refractivity contribution is -0.139. The summed E-state index contributed by atoms with van der Waals surface area (Å²) < 4.78 is 7.39. The van der Waals surface area contributed by atoms with E-state index >= 15 is 0 Å². The van der Waals surface area contributed by atoms with Gasteiger partial charge in [0.25, 0.3) is 5.56 Å². The molecule has 3 aromatic rings. The lowest BCUT2D eigenvalue weighted by Crippen LogP contribution is -2.39. The number of rotatable bonds is 5. The lowest BCUT2D eigenvalue weighted by atomic mass is 9.96. The maximum Gasteiger partial charge on any atom is 0.338 e. The van der Waals surface area contributed by atoms with Gasteiger partial charge in [-0.25, -0.2) is 9.79 Å². The van der Waals surface area contributed by atoms with Crippen molar-refractivity contribution in [3.05, 3.63) is 108 Å². The molecule has 0 bridgehead atoms. The Labute approximate surface area is 194 Å². The highest BCUT2D eigenvalue weighted by Gasteiger charge is 2.33. The second kappa shape index (κ2) is 9.51. The van der Waals surface area contributed by atoms with Gasteiger partial charge >= 0.3 is 5.97 Å². The van der Waals surface area contributed by atoms with Gasteiger partial charge in [0.2, 0.25) is 0 Å². The molecule has 1 aliphatic rings. The smallest absolute Gasteiger partial charge is 0.338 e. The van der Waals surface area contributed by atoms with Crippen molar-refractivity contribution in [2.24, 2.45) is 4.99 Å². The maximum absolute atomic E-state index is 13.4. The van der Waals surface area contributed by atoms with E-state index in [9.17, 15) is 9.59 Å². The molecule has 4 rings (SSSR count). The van der Waals surface area contributed by atoms with E-state index in [1.807, 2.05) is 54.6 Å². The van der Waals surface area contributed by atoms with Crippen LogP contribution in [0.25, 0.3) is 12.2 Å². The van der Waals surface area contributed by atoms with Crippen LogP contribution in [-0.4, -0.2) is 17.1 Å². The predicted octanol–water partition coefficient (Wildman–Crippen LogP) is 4.12. The van der Waals surface area contributed by atoms with Crippen molar-refractivity contribution >= 4 is 41.1 Å². The highest BCUT2D eigenvalue weighted by Crippen LogP contribution is 2.31. The number of nitrogens with zero attached hydrogens (tertiary/aromatic N) is 2. The minimum absolute atomic E-state index is 0.208. The van der Waals surface area contributed by atoms with Crippen molar-refractivity contribution < 1.29 is 9.53 Å². The number of carbonyl (C=O) groups excluding carboxylic acids is 1. The molecule has 0 fully saturated rings. The van der Waals surface area contributed by atoms with Gasteiger partial charge in [-0.1, -0.05) is 77.6 Å². The molecule has 1 aromatic heterocycles. The molecular formula is C25H21ClN2O3S. The highest BCUT2D eigenvalue weighted by atomic mass is 35.5. The van der Waals surface area contributed by atoms with Crippen molar-refractivity contribution in [3.63, 3.8) is 0 Å². The summed E-state index contributed by atoms with van der Waals surface area (Å²) in [4.78, 5) is 31.3. The van der Waals surface area contributed by atoms with Crippen molar-refractivity contribution in [2.45, 2.75) is 19.9 Å². The van der Waals surface area contributed by atoms with E-state index in [0.29, 0.717) is 25.6 Å². The van der Waals surface area contributed by atoms with E-state index < -0.39 is 12.0 Å². The summed E-state index contributed by atoms with van der Waals surface area (Å²) in [5.74, 6) is -0.480. The maximum atomic E-state index is 13.4. The molecule has 0 aliphatic carbocycles. The second-order valence-electron chi connectivity index (χ2n) is 7.15. The van der Waals surface area contributed by atoms with Gasteiger partial charge in [-0.3, -0.25) is 9.36 Å². The summed E-state index contributed by atoms with van der Waals surface area (Å²) >= 11 is 7.36. The first kappa shape index (κ1) is 22.0. The Kier molecular flexibility index (Phi) is 6.53. The summed E-state index contributed by atoms with van der Waals surface area (Å²) in [5.41, 5.74) is 2.49. The Balaban J connectivity index is 1.86. The number of carbonyl (C=O) groups is 1. The first-order chi connectivity index (χ1) is 15.5. The number of esters is 1. The Morgan fingerprint density at radius 3 is 2.59 bits per heavy atom. The number of aromatic nitrogens is 1. The SMILES string of the molecule is CCOC(=O)C1=C(C)N=c2s/c(=C/C=C\c3ccccc3)c(=O)n2[C@H]1c1ccc(Cl)cc1. The molecule has 0 spiro atoms. The number of hydrogen-bond donors (Lipinski definition) is 0. The van der Waals surface area contributed by atoms with Crippen molar-refractivity contribution in [2.75, 3.05) is 6.61 Å². The predicted molar refractivity (Wildman–Crippen MR) is 128 cm³/mol. The Bertz CT molecular complexity index is 1380. The Hall–Kier alpha value is -3.22. The number of halogens is 1. The second-order valence-corrected chi connectivity index (χ2v) is 8.59. The third kappa shape index (κ3) is 4.38. The number of fused-ring (bicyclic) bond motifs is 1. The number of hydrogen-bond acceptors (Lipinski definition) is 5. The Morgan fingerprint density at radius 2 is 1.91 bits per heavy atom. The molecule has 162 valence electrons. The van der Waals surface area contributed by atoms with Crippen LogP contribution in [0, 0.1) is 0 Å². The zero-order valence-corrected chi connectivity index (χ0v) is 19.2. The van der Waals surface area contributed by atoms with Crippen LogP contribution in [0.1, 0.15) is 31.0 Å². The van der Waals surface area contributed by atoms with Crippen LogP contribution >= 0.6 is 22.9 Å². The first-order valence-electron chi connectivity index (χ1n) is 10.2. The van der Waals surface area contributed by atoms with Gasteiger partial charge in [-0.2, -0.15) is 0 Å². The fraction of sp³-hybridized carbons (Fsp3) is 0.160. The van der Waals surface area contributed by atoms with Crippen LogP contribution in [0.15, 0.2) is 81.7 Å². The van der Waals surface area contributed by atoms with Crippen LogP contribution in [0.2, 0.25) is 5.02 Å². The first-order valence-corrected chi connectivity index (χ1v) is 11.4. The zero-order valence-electron chi connectivity index (χ0n) is 17.6. The van der Waals surface area contributed by atoms with E-state index in [0.717, 1.165) is 11.1 Å². The minimum atomic E-state index is -0.636. The molecule has 5 nitrogen and oxygen atoms in total. The van der Waals surface area contributed by atoms with Crippen molar-refractivity contribution in [1.82, 2.24) is 4.57 Å². The van der Waals surface area contributed by atoms with Crippen LogP contribution < -0.4 is 14.9 Å². The van der Waals surface area contributed by atoms with Gasteiger partial charge in [0.05, 0.1) is 28.5 Å². The van der Waals surface area contributed by atoms with Crippen LogP contribution in [0.3, 0.4) is 0 Å². The van der Waals surface area contributed by atoms with Crippen molar-refractivity contribution in [3.8, 4) is 0 Å². The molecule has 0 unspecified atom stereocenters. The lowest BCUT2D eigenvalue weighted by Gasteiger charge is -2.24. The topological polar surface area (TPSA) is 60.7 Å². The molecule has 32 heavy (non-hydrogen) atoms. The molecule has 0 radical (unpaired) electrons. The fourth-order valence-corrected chi connectivity index (χ4v) is 4.70. The van der Waals surface area contributed by atoms with Crippen molar-refractivity contribution in [1.29, 1.82) is 0 Å². The molecule has 1 atom stereocenters. The van der Waals surface area contributed by atoms with E-state index in [1.165, 1.54) is 11.3 Å².